The largest absolute Gasteiger partial charge is 0.490 e. The number of carbonyl (C=O) groups excluding carboxylic acids is 2. The fourth-order valence-electron chi connectivity index (χ4n) is 6.31. The molecule has 4 saturated carbocycles. The van der Waals surface area contributed by atoms with Crippen LogP contribution in [-0.2, 0) is 19.6 Å². The van der Waals surface area contributed by atoms with E-state index in [1.165, 1.54) is 33.1 Å². The normalized spacial score (nSPS) is 30.1. The van der Waals surface area contributed by atoms with Crippen molar-refractivity contribution in [2.75, 3.05) is 7.11 Å². The number of hydrogen-bond donors (Lipinski definition) is 3. The number of sulfonamides is 1. The molecule has 4 aliphatic carbocycles. The van der Waals surface area contributed by atoms with Crippen molar-refractivity contribution in [2.24, 2.45) is 28.9 Å². The first-order valence-electron chi connectivity index (χ1n) is 11.3. The van der Waals surface area contributed by atoms with E-state index in [-0.39, 0.29) is 34.4 Å². The van der Waals surface area contributed by atoms with Crippen LogP contribution in [0.5, 0.6) is 5.75 Å². The van der Waals surface area contributed by atoms with Crippen LogP contribution >= 0.6 is 0 Å². The molecule has 5 rings (SSSR count). The van der Waals surface area contributed by atoms with E-state index in [2.05, 4.69) is 10.0 Å². The monoisotopic (exact) mass is 494 g/mol. The van der Waals surface area contributed by atoms with Crippen LogP contribution in [-0.4, -0.2) is 43.8 Å². The number of nitrogens with two attached hydrogens (primary N) is 1. The van der Waals surface area contributed by atoms with Crippen molar-refractivity contribution >= 4 is 27.5 Å². The molecule has 11 nitrogen and oxygen atoms in total. The first-order chi connectivity index (χ1) is 15.8. The molecule has 0 radical (unpaired) electrons. The van der Waals surface area contributed by atoms with Gasteiger partial charge in [0.15, 0.2) is 5.75 Å². The lowest BCUT2D eigenvalue weighted by molar-refractivity contribution is -0.386. The number of methoxy groups -OCH3 is 1. The summed E-state index contributed by atoms with van der Waals surface area (Å²) in [4.78, 5) is 35.5. The van der Waals surface area contributed by atoms with Gasteiger partial charge in [0, 0.05) is 17.5 Å². The third kappa shape index (κ3) is 4.13. The topological polar surface area (TPSA) is 171 Å². The van der Waals surface area contributed by atoms with Crippen LogP contribution in [0.4, 0.5) is 5.69 Å². The van der Waals surface area contributed by atoms with Gasteiger partial charge in [-0.1, -0.05) is 0 Å². The van der Waals surface area contributed by atoms with Gasteiger partial charge in [-0.3, -0.25) is 19.7 Å². The first kappa shape index (κ1) is 24.4. The molecule has 2 unspecified atom stereocenters. The Morgan fingerprint density at radius 3 is 2.35 bits per heavy atom. The predicted octanol–water partition coefficient (Wildman–Crippen LogP) is 1.46. The number of hydrogen-bond acceptors (Lipinski definition) is 7. The van der Waals surface area contributed by atoms with Gasteiger partial charge >= 0.3 is 5.69 Å². The Bertz CT molecular complexity index is 1130. The highest BCUT2D eigenvalue weighted by molar-refractivity contribution is 7.89. The highest BCUT2D eigenvalue weighted by Crippen LogP contribution is 2.59. The molecule has 0 saturated heterocycles. The summed E-state index contributed by atoms with van der Waals surface area (Å²) in [7, 11) is -3.01. The molecule has 0 heterocycles. The summed E-state index contributed by atoms with van der Waals surface area (Å²) < 4.78 is 33.2. The zero-order chi connectivity index (χ0) is 25.1. The van der Waals surface area contributed by atoms with Gasteiger partial charge in [-0.25, -0.2) is 8.42 Å². The first-order valence-corrected chi connectivity index (χ1v) is 12.7. The quantitative estimate of drug-likeness (QED) is 0.362. The summed E-state index contributed by atoms with van der Waals surface area (Å²) in [5.41, 5.74) is 3.22. The second-order valence-electron chi connectivity index (χ2n) is 10.4. The van der Waals surface area contributed by atoms with E-state index in [0.717, 1.165) is 25.3 Å². The lowest BCUT2D eigenvalue weighted by Crippen LogP contribution is -2.65. The van der Waals surface area contributed by atoms with Gasteiger partial charge in [0.25, 0.3) is 0 Å². The smallest absolute Gasteiger partial charge is 0.312 e. The molecule has 4 bridgehead atoms. The Kier molecular flexibility index (Phi) is 5.88. The number of nitro benzene ring substituents is 1. The summed E-state index contributed by atoms with van der Waals surface area (Å²) in [6.45, 7) is 2.89. The Morgan fingerprint density at radius 2 is 1.82 bits per heavy atom. The molecular weight excluding hydrogens is 464 g/mol. The Morgan fingerprint density at radius 1 is 1.21 bits per heavy atom. The van der Waals surface area contributed by atoms with Crippen molar-refractivity contribution in [1.82, 2.24) is 10.0 Å². The molecule has 186 valence electrons. The van der Waals surface area contributed by atoms with E-state index in [9.17, 15) is 28.1 Å². The van der Waals surface area contributed by atoms with E-state index in [0.29, 0.717) is 18.8 Å². The van der Waals surface area contributed by atoms with Crippen LogP contribution in [0.1, 0.15) is 46.0 Å². The number of carbonyl (C=O) groups is 2. The van der Waals surface area contributed by atoms with E-state index < -0.39 is 37.5 Å². The number of primary amides is 1. The molecular formula is C22H30N4O7S. The standard InChI is InChI=1S/C22H30N4O7S/c1-21(2,25-34(31,32)15-4-5-17(33-3)16(8-15)26(29)30)20(28)24-18-13-6-12-7-14(18)11-22(9-12,10-13)19(23)27/h4-5,8,12-14,18,25H,6-7,9-11H2,1-3H3,(H2,23,27)(H,24,28). The van der Waals surface area contributed by atoms with Crippen LogP contribution in [0.2, 0.25) is 0 Å². The minimum Gasteiger partial charge on any atom is -0.490 e. The molecule has 12 heteroatoms. The number of rotatable bonds is 8. The fraction of sp³-hybridized carbons (Fsp3) is 0.636. The van der Waals surface area contributed by atoms with Crippen molar-refractivity contribution in [3.05, 3.63) is 28.3 Å². The minimum absolute atomic E-state index is 0.0726. The van der Waals surface area contributed by atoms with E-state index >= 15 is 0 Å². The third-order valence-electron chi connectivity index (χ3n) is 7.71. The SMILES string of the molecule is COc1ccc(S(=O)(=O)NC(C)(C)C(=O)NC2C3CC4CC2CC(C(N)=O)(C4)C3)cc1[N+](=O)[O-]. The number of nitro groups is 1. The molecule has 0 aromatic heterocycles. The molecule has 4 N–H and O–H groups in total. The van der Waals surface area contributed by atoms with Gasteiger partial charge in [0.2, 0.25) is 21.8 Å². The number of amides is 2. The maximum absolute atomic E-state index is 13.2. The average Bonchev–Trinajstić information content (AvgIpc) is 2.74. The van der Waals surface area contributed by atoms with E-state index in [4.69, 9.17) is 10.5 Å². The molecule has 0 spiro atoms. The minimum atomic E-state index is -4.26. The van der Waals surface area contributed by atoms with Gasteiger partial charge in [0.1, 0.15) is 5.54 Å². The zero-order valence-corrected chi connectivity index (χ0v) is 20.2. The highest BCUT2D eigenvalue weighted by atomic mass is 32.2. The molecule has 4 fully saturated rings. The van der Waals surface area contributed by atoms with Crippen molar-refractivity contribution in [3.8, 4) is 5.75 Å². The number of nitrogens with zero attached hydrogens (tertiary/aromatic N) is 1. The summed E-state index contributed by atoms with van der Waals surface area (Å²) >= 11 is 0. The molecule has 2 atom stereocenters. The molecule has 4 aliphatic rings. The zero-order valence-electron chi connectivity index (χ0n) is 19.4. The Labute approximate surface area is 198 Å². The lowest BCUT2D eigenvalue weighted by Gasteiger charge is -2.59. The summed E-state index contributed by atoms with van der Waals surface area (Å²) in [6.07, 6.45) is 3.93. The number of nitrogens with one attached hydrogen (secondary N) is 2. The van der Waals surface area contributed by atoms with E-state index in [1.54, 1.807) is 0 Å². The van der Waals surface area contributed by atoms with Crippen LogP contribution in [0.25, 0.3) is 0 Å². The van der Waals surface area contributed by atoms with Crippen molar-refractivity contribution < 1.29 is 27.7 Å². The molecule has 0 aliphatic heterocycles. The number of benzene rings is 1. The molecule has 1 aromatic rings. The third-order valence-corrected chi connectivity index (χ3v) is 9.36. The van der Waals surface area contributed by atoms with Crippen LogP contribution in [0.15, 0.2) is 23.1 Å². The van der Waals surface area contributed by atoms with Gasteiger partial charge in [0.05, 0.1) is 16.9 Å². The lowest BCUT2D eigenvalue weighted by atomic mass is 9.47. The van der Waals surface area contributed by atoms with Crippen LogP contribution in [0.3, 0.4) is 0 Å². The predicted molar refractivity (Wildman–Crippen MR) is 121 cm³/mol. The Hall–Kier alpha value is -2.73. The summed E-state index contributed by atoms with van der Waals surface area (Å²) in [5.74, 6) is -0.158. The highest BCUT2D eigenvalue weighted by Gasteiger charge is 2.58. The maximum atomic E-state index is 13.2. The molecule has 34 heavy (non-hydrogen) atoms. The molecule has 1 aromatic carbocycles. The van der Waals surface area contributed by atoms with Gasteiger partial charge in [-0.05, 0) is 75.8 Å². The van der Waals surface area contributed by atoms with Crippen molar-refractivity contribution in [3.63, 3.8) is 0 Å². The van der Waals surface area contributed by atoms with E-state index in [1.807, 2.05) is 0 Å². The summed E-state index contributed by atoms with van der Waals surface area (Å²) in [6, 6.07) is 3.13. The molecule has 2 amide bonds. The average molecular weight is 495 g/mol. The van der Waals surface area contributed by atoms with Gasteiger partial charge in [-0.15, -0.1) is 0 Å². The van der Waals surface area contributed by atoms with Crippen molar-refractivity contribution in [2.45, 2.75) is 62.4 Å². The van der Waals surface area contributed by atoms with Crippen LogP contribution in [0, 0.1) is 33.3 Å². The Balaban J connectivity index is 1.50. The fourth-order valence-corrected chi connectivity index (χ4v) is 7.71. The second-order valence-corrected chi connectivity index (χ2v) is 12.1. The maximum Gasteiger partial charge on any atom is 0.312 e. The van der Waals surface area contributed by atoms with Crippen molar-refractivity contribution in [1.29, 1.82) is 0 Å². The second kappa shape index (κ2) is 8.19. The number of ether oxygens (including phenoxy) is 1. The summed E-state index contributed by atoms with van der Waals surface area (Å²) in [5, 5.41) is 14.3. The van der Waals surface area contributed by atoms with Crippen LogP contribution < -0.4 is 20.5 Å². The van der Waals surface area contributed by atoms with Gasteiger partial charge in [-0.2, -0.15) is 4.72 Å². The van der Waals surface area contributed by atoms with Gasteiger partial charge < -0.3 is 15.8 Å².